The van der Waals surface area contributed by atoms with Crippen molar-refractivity contribution in [2.24, 2.45) is 5.14 Å². The summed E-state index contributed by atoms with van der Waals surface area (Å²) in [5.41, 5.74) is 1.91. The van der Waals surface area contributed by atoms with E-state index in [9.17, 15) is 13.2 Å². The van der Waals surface area contributed by atoms with Gasteiger partial charge in [-0.2, -0.15) is 0 Å². The predicted molar refractivity (Wildman–Crippen MR) is 118 cm³/mol. The number of carbonyl (C=O) groups excluding carboxylic acids is 1. The fourth-order valence-electron chi connectivity index (χ4n) is 3.25. The Morgan fingerprint density at radius 1 is 1.19 bits per heavy atom. The molecule has 0 saturated heterocycles. The molecule has 11 heteroatoms. The van der Waals surface area contributed by atoms with E-state index in [1.807, 2.05) is 11.5 Å². The molecule has 1 aliphatic heterocycles. The topological polar surface area (TPSA) is 126 Å². The maximum atomic E-state index is 12.5. The fourth-order valence-corrected chi connectivity index (χ4v) is 4.66. The second-order valence-electron chi connectivity index (χ2n) is 6.88. The average Bonchev–Trinajstić information content (AvgIpc) is 2.92. The highest BCUT2D eigenvalue weighted by atomic mass is 32.2. The summed E-state index contributed by atoms with van der Waals surface area (Å²) in [6, 6.07) is 9.87. The van der Waals surface area contributed by atoms with Crippen molar-refractivity contribution in [2.45, 2.75) is 29.9 Å². The highest BCUT2D eigenvalue weighted by Gasteiger charge is 2.16. The van der Waals surface area contributed by atoms with E-state index in [4.69, 9.17) is 14.6 Å². The van der Waals surface area contributed by atoms with Gasteiger partial charge >= 0.3 is 0 Å². The zero-order chi connectivity index (χ0) is 22.0. The number of imidazole rings is 1. The van der Waals surface area contributed by atoms with Crippen molar-refractivity contribution in [3.8, 4) is 11.5 Å². The van der Waals surface area contributed by atoms with E-state index in [1.54, 1.807) is 24.3 Å². The highest BCUT2D eigenvalue weighted by molar-refractivity contribution is 7.99. The Morgan fingerprint density at radius 2 is 1.97 bits per heavy atom. The van der Waals surface area contributed by atoms with Crippen LogP contribution in [0.1, 0.15) is 13.3 Å². The van der Waals surface area contributed by atoms with Gasteiger partial charge in [0.05, 0.1) is 34.9 Å². The van der Waals surface area contributed by atoms with Crippen LogP contribution in [-0.4, -0.2) is 42.8 Å². The molecule has 0 bridgehead atoms. The van der Waals surface area contributed by atoms with Crippen molar-refractivity contribution in [1.82, 2.24) is 9.55 Å². The minimum Gasteiger partial charge on any atom is -0.490 e. The molecule has 2 aromatic carbocycles. The molecular weight excluding hydrogens is 440 g/mol. The number of primary sulfonamides is 1. The summed E-state index contributed by atoms with van der Waals surface area (Å²) >= 11 is 1.27. The molecular formula is C20H22N4O5S2. The number of benzene rings is 2. The van der Waals surface area contributed by atoms with Crippen LogP contribution in [0.2, 0.25) is 0 Å². The van der Waals surface area contributed by atoms with Crippen molar-refractivity contribution in [1.29, 1.82) is 0 Å². The normalized spacial score (nSPS) is 13.7. The van der Waals surface area contributed by atoms with Crippen molar-refractivity contribution in [2.75, 3.05) is 24.3 Å². The number of aromatic nitrogens is 2. The number of carbonyl (C=O) groups is 1. The maximum absolute atomic E-state index is 12.5. The Bertz CT molecular complexity index is 1240. The number of aryl methyl sites for hydroxylation is 1. The molecule has 1 aromatic heterocycles. The van der Waals surface area contributed by atoms with Gasteiger partial charge in [0.2, 0.25) is 15.9 Å². The van der Waals surface area contributed by atoms with E-state index in [2.05, 4.69) is 10.3 Å². The van der Waals surface area contributed by atoms with E-state index in [0.29, 0.717) is 47.6 Å². The Labute approximate surface area is 184 Å². The van der Waals surface area contributed by atoms with Gasteiger partial charge in [-0.3, -0.25) is 4.79 Å². The first-order valence-corrected chi connectivity index (χ1v) is 12.2. The molecule has 0 radical (unpaired) electrons. The molecule has 3 aromatic rings. The first-order valence-electron chi connectivity index (χ1n) is 9.70. The van der Waals surface area contributed by atoms with Crippen LogP contribution >= 0.6 is 11.8 Å². The number of fused-ring (bicyclic) bond motifs is 2. The molecule has 0 unspecified atom stereocenters. The SMILES string of the molecule is CCn1c(SCC(=O)Nc2ccc3c(c2)OCCCO3)nc2cc(S(N)(=O)=O)ccc21. The average molecular weight is 463 g/mol. The van der Waals surface area contributed by atoms with E-state index < -0.39 is 10.0 Å². The number of anilines is 1. The Kier molecular flexibility index (Phi) is 6.08. The van der Waals surface area contributed by atoms with Crippen molar-refractivity contribution in [3.05, 3.63) is 36.4 Å². The molecule has 0 saturated carbocycles. The molecule has 31 heavy (non-hydrogen) atoms. The Morgan fingerprint density at radius 3 is 2.71 bits per heavy atom. The summed E-state index contributed by atoms with van der Waals surface area (Å²) in [5, 5.41) is 8.69. The lowest BCUT2D eigenvalue weighted by atomic mass is 10.2. The van der Waals surface area contributed by atoms with Crippen LogP contribution in [0.5, 0.6) is 11.5 Å². The molecule has 0 spiro atoms. The molecule has 164 valence electrons. The van der Waals surface area contributed by atoms with Crippen LogP contribution in [-0.2, 0) is 21.4 Å². The third-order valence-electron chi connectivity index (χ3n) is 4.69. The number of hydrogen-bond donors (Lipinski definition) is 2. The lowest BCUT2D eigenvalue weighted by Gasteiger charge is -2.10. The second-order valence-corrected chi connectivity index (χ2v) is 9.39. The Hall–Kier alpha value is -2.76. The number of thioether (sulfide) groups is 1. The van der Waals surface area contributed by atoms with Gasteiger partial charge in [0.15, 0.2) is 16.7 Å². The molecule has 0 fully saturated rings. The zero-order valence-corrected chi connectivity index (χ0v) is 18.5. The molecule has 3 N–H and O–H groups in total. The van der Waals surface area contributed by atoms with Gasteiger partial charge in [0.25, 0.3) is 0 Å². The smallest absolute Gasteiger partial charge is 0.238 e. The summed E-state index contributed by atoms with van der Waals surface area (Å²) in [4.78, 5) is 17.0. The van der Waals surface area contributed by atoms with Gasteiger partial charge < -0.3 is 19.4 Å². The van der Waals surface area contributed by atoms with Crippen LogP contribution in [0.4, 0.5) is 5.69 Å². The molecule has 0 aliphatic carbocycles. The van der Waals surface area contributed by atoms with Crippen molar-refractivity contribution in [3.63, 3.8) is 0 Å². The number of ether oxygens (including phenoxy) is 2. The summed E-state index contributed by atoms with van der Waals surface area (Å²) in [6.07, 6.45) is 0.810. The largest absolute Gasteiger partial charge is 0.490 e. The minimum absolute atomic E-state index is 0.00412. The van der Waals surface area contributed by atoms with Gasteiger partial charge in [-0.05, 0) is 37.3 Å². The second kappa shape index (κ2) is 8.77. The van der Waals surface area contributed by atoms with Gasteiger partial charge in [-0.25, -0.2) is 18.5 Å². The first-order chi connectivity index (χ1) is 14.8. The van der Waals surface area contributed by atoms with Crippen LogP contribution < -0.4 is 19.9 Å². The number of sulfonamides is 1. The number of rotatable bonds is 6. The summed E-state index contributed by atoms with van der Waals surface area (Å²) in [5.74, 6) is 1.22. The third-order valence-corrected chi connectivity index (χ3v) is 6.58. The molecule has 1 aliphatic rings. The van der Waals surface area contributed by atoms with Gasteiger partial charge in [-0.15, -0.1) is 0 Å². The Balaban J connectivity index is 1.47. The fraction of sp³-hybridized carbons (Fsp3) is 0.300. The van der Waals surface area contributed by atoms with E-state index in [-0.39, 0.29) is 16.6 Å². The zero-order valence-electron chi connectivity index (χ0n) is 16.8. The van der Waals surface area contributed by atoms with E-state index >= 15 is 0 Å². The quantitative estimate of drug-likeness (QED) is 0.539. The minimum atomic E-state index is -3.81. The molecule has 0 atom stereocenters. The van der Waals surface area contributed by atoms with E-state index in [0.717, 1.165) is 11.9 Å². The number of nitrogens with one attached hydrogen (secondary N) is 1. The highest BCUT2D eigenvalue weighted by Crippen LogP contribution is 2.32. The summed E-state index contributed by atoms with van der Waals surface area (Å²) in [7, 11) is -3.81. The molecule has 2 heterocycles. The molecule has 4 rings (SSSR count). The van der Waals surface area contributed by atoms with Crippen LogP contribution in [0.15, 0.2) is 46.5 Å². The summed E-state index contributed by atoms with van der Waals surface area (Å²) < 4.78 is 36.4. The lowest BCUT2D eigenvalue weighted by molar-refractivity contribution is -0.113. The van der Waals surface area contributed by atoms with Crippen molar-refractivity contribution < 1.29 is 22.7 Å². The maximum Gasteiger partial charge on any atom is 0.238 e. The number of nitrogens with zero attached hydrogens (tertiary/aromatic N) is 2. The van der Waals surface area contributed by atoms with E-state index in [1.165, 1.54) is 23.9 Å². The van der Waals surface area contributed by atoms with Gasteiger partial charge in [-0.1, -0.05) is 11.8 Å². The number of amides is 1. The van der Waals surface area contributed by atoms with Crippen LogP contribution in [0.3, 0.4) is 0 Å². The predicted octanol–water partition coefficient (Wildman–Crippen LogP) is 2.60. The molecule has 9 nitrogen and oxygen atoms in total. The first kappa shape index (κ1) is 21.5. The van der Waals surface area contributed by atoms with Crippen molar-refractivity contribution >= 4 is 44.4 Å². The summed E-state index contributed by atoms with van der Waals surface area (Å²) in [6.45, 7) is 3.75. The van der Waals surface area contributed by atoms with Gasteiger partial charge in [0.1, 0.15) is 0 Å². The lowest BCUT2D eigenvalue weighted by Crippen LogP contribution is -2.14. The monoisotopic (exact) mass is 462 g/mol. The number of hydrogen-bond acceptors (Lipinski definition) is 7. The standard InChI is InChI=1S/C20H22N4O5S2/c1-2-24-16-6-5-14(31(21,26)27)11-15(16)23-20(24)30-12-19(25)22-13-4-7-17-18(10-13)29-9-3-8-28-17/h4-7,10-11H,2-3,8-9,12H2,1H3,(H,22,25)(H2,21,26,27). The van der Waals surface area contributed by atoms with Crippen LogP contribution in [0, 0.1) is 0 Å². The molecule has 1 amide bonds. The van der Waals surface area contributed by atoms with Gasteiger partial charge in [0, 0.05) is 24.7 Å². The number of nitrogens with two attached hydrogens (primary N) is 1. The third kappa shape index (κ3) is 4.78. The van der Waals surface area contributed by atoms with Crippen LogP contribution in [0.25, 0.3) is 11.0 Å².